The number of aryl methyl sites for hydroxylation is 1. The Morgan fingerprint density at radius 2 is 1.82 bits per heavy atom. The van der Waals surface area contributed by atoms with Gasteiger partial charge in [-0.15, -0.1) is 0 Å². The monoisotopic (exact) mass is 440 g/mol. The average Bonchev–Trinajstić information content (AvgIpc) is 2.83. The molecule has 1 fully saturated rings. The zero-order chi connectivity index (χ0) is 22.9. The fraction of sp³-hybridized carbons (Fsp3) is 0.222. The van der Waals surface area contributed by atoms with E-state index in [1.807, 2.05) is 55.5 Å². The van der Waals surface area contributed by atoms with Gasteiger partial charge >= 0.3 is 5.63 Å². The third-order valence-electron chi connectivity index (χ3n) is 6.32. The summed E-state index contributed by atoms with van der Waals surface area (Å²) in [4.78, 5) is 39.8. The molecule has 2 heterocycles. The highest BCUT2D eigenvalue weighted by molar-refractivity contribution is 6.07. The zero-order valence-electron chi connectivity index (χ0n) is 18.3. The first kappa shape index (κ1) is 20.9. The van der Waals surface area contributed by atoms with E-state index in [4.69, 9.17) is 4.42 Å². The Hall–Kier alpha value is -3.93. The van der Waals surface area contributed by atoms with Crippen LogP contribution in [0.25, 0.3) is 21.7 Å². The van der Waals surface area contributed by atoms with Gasteiger partial charge in [0.05, 0.1) is 5.92 Å². The first-order valence-electron chi connectivity index (χ1n) is 11.1. The van der Waals surface area contributed by atoms with Gasteiger partial charge in [0.15, 0.2) is 0 Å². The van der Waals surface area contributed by atoms with E-state index in [1.165, 1.54) is 6.07 Å². The van der Waals surface area contributed by atoms with E-state index in [2.05, 4.69) is 5.32 Å². The highest BCUT2D eigenvalue weighted by atomic mass is 16.4. The van der Waals surface area contributed by atoms with Gasteiger partial charge in [-0.05, 0) is 54.3 Å². The van der Waals surface area contributed by atoms with E-state index in [0.717, 1.165) is 28.1 Å². The van der Waals surface area contributed by atoms with Crippen molar-refractivity contribution in [1.29, 1.82) is 0 Å². The maximum absolute atomic E-state index is 13.3. The van der Waals surface area contributed by atoms with E-state index in [1.54, 1.807) is 17.0 Å². The van der Waals surface area contributed by atoms with Crippen molar-refractivity contribution in [2.45, 2.75) is 19.8 Å². The Morgan fingerprint density at radius 3 is 2.70 bits per heavy atom. The minimum Gasteiger partial charge on any atom is -0.423 e. The van der Waals surface area contributed by atoms with Crippen LogP contribution in [0.2, 0.25) is 0 Å². The number of fused-ring (bicyclic) bond motifs is 2. The second-order valence-corrected chi connectivity index (χ2v) is 8.57. The van der Waals surface area contributed by atoms with E-state index in [9.17, 15) is 14.4 Å². The van der Waals surface area contributed by atoms with E-state index in [-0.39, 0.29) is 17.7 Å². The Bertz CT molecular complexity index is 1430. The number of nitrogens with one attached hydrogen (secondary N) is 1. The van der Waals surface area contributed by atoms with Gasteiger partial charge in [0.2, 0.25) is 5.91 Å². The van der Waals surface area contributed by atoms with Crippen LogP contribution in [0.15, 0.2) is 75.9 Å². The quantitative estimate of drug-likeness (QED) is 0.467. The third-order valence-corrected chi connectivity index (χ3v) is 6.32. The van der Waals surface area contributed by atoms with Crippen molar-refractivity contribution >= 4 is 39.2 Å². The molecule has 2 amide bonds. The molecular weight excluding hydrogens is 416 g/mol. The molecule has 33 heavy (non-hydrogen) atoms. The number of piperidine rings is 1. The molecule has 5 rings (SSSR count). The molecule has 0 bridgehead atoms. The number of hydrogen-bond acceptors (Lipinski definition) is 4. The van der Waals surface area contributed by atoms with Gasteiger partial charge in [0.25, 0.3) is 5.91 Å². The normalized spacial score (nSPS) is 16.2. The number of anilines is 1. The van der Waals surface area contributed by atoms with Gasteiger partial charge < -0.3 is 14.6 Å². The number of nitrogens with zero attached hydrogens (tertiary/aromatic N) is 1. The molecule has 3 aromatic carbocycles. The lowest BCUT2D eigenvalue weighted by Crippen LogP contribution is -2.43. The fourth-order valence-electron chi connectivity index (χ4n) is 4.60. The van der Waals surface area contributed by atoms with Crippen LogP contribution in [0.3, 0.4) is 0 Å². The number of rotatable bonds is 3. The number of likely N-dealkylation sites (tertiary alicyclic amines) is 1. The Balaban J connectivity index is 1.33. The van der Waals surface area contributed by atoms with Crippen molar-refractivity contribution in [3.05, 3.63) is 88.3 Å². The van der Waals surface area contributed by atoms with Crippen molar-refractivity contribution in [2.75, 3.05) is 18.4 Å². The van der Waals surface area contributed by atoms with Crippen LogP contribution in [0.5, 0.6) is 0 Å². The predicted octanol–water partition coefficient (Wildman–Crippen LogP) is 4.75. The standard InChI is InChI=1S/C27H24N2O4/c1-17-14-25(30)33-24-15-20(11-12-21(17)24)28-26(31)19-8-5-13-29(16-19)27(32)23-10-4-7-18-6-2-3-9-22(18)23/h2-4,6-7,9-12,14-15,19H,5,8,13,16H2,1H3,(H,28,31). The van der Waals surface area contributed by atoms with Gasteiger partial charge in [0, 0.05) is 41.9 Å². The molecule has 1 unspecified atom stereocenters. The Kier molecular flexibility index (Phi) is 5.42. The molecule has 6 nitrogen and oxygen atoms in total. The van der Waals surface area contributed by atoms with Gasteiger partial charge in [-0.25, -0.2) is 4.79 Å². The largest absolute Gasteiger partial charge is 0.423 e. The summed E-state index contributed by atoms with van der Waals surface area (Å²) in [6.07, 6.45) is 1.48. The molecule has 166 valence electrons. The lowest BCUT2D eigenvalue weighted by atomic mass is 9.95. The molecule has 1 saturated heterocycles. The Morgan fingerprint density at radius 1 is 1.00 bits per heavy atom. The van der Waals surface area contributed by atoms with E-state index < -0.39 is 5.63 Å². The lowest BCUT2D eigenvalue weighted by Gasteiger charge is -2.32. The molecule has 6 heteroatoms. The molecule has 1 aliphatic rings. The summed E-state index contributed by atoms with van der Waals surface area (Å²) < 4.78 is 5.28. The van der Waals surface area contributed by atoms with Crippen molar-refractivity contribution in [3.8, 4) is 0 Å². The van der Waals surface area contributed by atoms with Crippen molar-refractivity contribution < 1.29 is 14.0 Å². The fourth-order valence-corrected chi connectivity index (χ4v) is 4.60. The van der Waals surface area contributed by atoms with Gasteiger partial charge in [-0.3, -0.25) is 9.59 Å². The lowest BCUT2D eigenvalue weighted by molar-refractivity contribution is -0.121. The third kappa shape index (κ3) is 4.12. The average molecular weight is 440 g/mol. The molecule has 1 aliphatic heterocycles. The van der Waals surface area contributed by atoms with Crippen LogP contribution in [-0.2, 0) is 4.79 Å². The second-order valence-electron chi connectivity index (χ2n) is 8.57. The zero-order valence-corrected chi connectivity index (χ0v) is 18.3. The molecule has 1 atom stereocenters. The number of carbonyl (C=O) groups is 2. The maximum Gasteiger partial charge on any atom is 0.336 e. The number of carbonyl (C=O) groups excluding carboxylic acids is 2. The van der Waals surface area contributed by atoms with Crippen molar-refractivity contribution in [3.63, 3.8) is 0 Å². The van der Waals surface area contributed by atoms with Gasteiger partial charge in [0.1, 0.15) is 5.58 Å². The molecule has 4 aromatic rings. The maximum atomic E-state index is 13.3. The molecule has 1 aromatic heterocycles. The van der Waals surface area contributed by atoms with Gasteiger partial charge in [-0.2, -0.15) is 0 Å². The highest BCUT2D eigenvalue weighted by Gasteiger charge is 2.29. The molecular formula is C27H24N2O4. The summed E-state index contributed by atoms with van der Waals surface area (Å²) in [6, 6.07) is 20.3. The van der Waals surface area contributed by atoms with Crippen molar-refractivity contribution in [1.82, 2.24) is 4.90 Å². The number of amides is 2. The molecule has 0 spiro atoms. The molecule has 0 aliphatic carbocycles. The predicted molar refractivity (Wildman–Crippen MR) is 128 cm³/mol. The topological polar surface area (TPSA) is 79.6 Å². The van der Waals surface area contributed by atoms with Crippen molar-refractivity contribution in [2.24, 2.45) is 5.92 Å². The summed E-state index contributed by atoms with van der Waals surface area (Å²) in [5, 5.41) is 5.71. The molecule has 0 saturated carbocycles. The second kappa shape index (κ2) is 8.54. The summed E-state index contributed by atoms with van der Waals surface area (Å²) in [5.41, 5.74) is 2.08. The first-order valence-corrected chi connectivity index (χ1v) is 11.1. The smallest absolute Gasteiger partial charge is 0.336 e. The summed E-state index contributed by atoms with van der Waals surface area (Å²) >= 11 is 0. The SMILES string of the molecule is Cc1cc(=O)oc2cc(NC(=O)C3CCCN(C(=O)c4cccc5ccccc45)C3)ccc12. The van der Waals surface area contributed by atoms with Crippen LogP contribution in [0, 0.1) is 12.8 Å². The summed E-state index contributed by atoms with van der Waals surface area (Å²) in [7, 11) is 0. The molecule has 0 radical (unpaired) electrons. The van der Waals surface area contributed by atoms with Crippen LogP contribution >= 0.6 is 0 Å². The van der Waals surface area contributed by atoms with E-state index >= 15 is 0 Å². The van der Waals surface area contributed by atoms with Crippen LogP contribution < -0.4 is 10.9 Å². The number of hydrogen-bond donors (Lipinski definition) is 1. The number of benzene rings is 3. The molecule has 1 N–H and O–H groups in total. The van der Waals surface area contributed by atoms with Crippen LogP contribution in [0.1, 0.15) is 28.8 Å². The Labute approximate surface area is 190 Å². The van der Waals surface area contributed by atoms with Gasteiger partial charge in [-0.1, -0.05) is 36.4 Å². The van der Waals surface area contributed by atoms with Crippen LogP contribution in [-0.4, -0.2) is 29.8 Å². The summed E-state index contributed by atoms with van der Waals surface area (Å²) in [6.45, 7) is 2.85. The minimum atomic E-state index is -0.418. The van der Waals surface area contributed by atoms with E-state index in [0.29, 0.717) is 36.3 Å². The minimum absolute atomic E-state index is 0.0488. The summed E-state index contributed by atoms with van der Waals surface area (Å²) in [5.74, 6) is -0.495. The highest BCUT2D eigenvalue weighted by Crippen LogP contribution is 2.25. The first-order chi connectivity index (χ1) is 16.0. The van der Waals surface area contributed by atoms with Crippen LogP contribution in [0.4, 0.5) is 5.69 Å².